The van der Waals surface area contributed by atoms with Gasteiger partial charge in [-0.25, -0.2) is 4.79 Å². The van der Waals surface area contributed by atoms with Gasteiger partial charge < -0.3 is 10.5 Å². The number of nitrogen functional groups attached to an aromatic ring is 1. The van der Waals surface area contributed by atoms with Crippen molar-refractivity contribution in [2.45, 2.75) is 26.4 Å². The van der Waals surface area contributed by atoms with E-state index in [-0.39, 0.29) is 0 Å². The fraction of sp³-hybridized carbons (Fsp3) is 0.308. The van der Waals surface area contributed by atoms with Crippen LogP contribution in [-0.2, 0) is 9.53 Å². The molecular formula is C13H14ClNO2. The Kier molecular flexibility index (Phi) is 4.03. The number of halogens is 1. The molecule has 0 bridgehead atoms. The van der Waals surface area contributed by atoms with Gasteiger partial charge in [-0.3, -0.25) is 0 Å². The van der Waals surface area contributed by atoms with Gasteiger partial charge in [0.05, 0.1) is 0 Å². The molecule has 1 aromatic rings. The molecule has 0 aliphatic carbocycles. The van der Waals surface area contributed by atoms with Gasteiger partial charge in [0, 0.05) is 22.2 Å². The Balaban J connectivity index is 2.85. The van der Waals surface area contributed by atoms with Crippen LogP contribution in [0.2, 0.25) is 5.02 Å². The average Bonchev–Trinajstić information content (AvgIpc) is 2.17. The third kappa shape index (κ3) is 4.80. The minimum Gasteiger partial charge on any atom is -0.450 e. The molecule has 0 spiro atoms. The van der Waals surface area contributed by atoms with Gasteiger partial charge in [0.2, 0.25) is 0 Å². The zero-order valence-electron chi connectivity index (χ0n) is 10.0. The zero-order chi connectivity index (χ0) is 13.1. The van der Waals surface area contributed by atoms with Gasteiger partial charge in [0.15, 0.2) is 0 Å². The van der Waals surface area contributed by atoms with E-state index in [1.54, 1.807) is 39.0 Å². The predicted octanol–water partition coefficient (Wildman–Crippen LogP) is 2.62. The first-order valence-electron chi connectivity index (χ1n) is 5.08. The van der Waals surface area contributed by atoms with Crippen LogP contribution >= 0.6 is 11.6 Å². The molecular weight excluding hydrogens is 238 g/mol. The van der Waals surface area contributed by atoms with E-state index in [0.29, 0.717) is 16.3 Å². The minimum absolute atomic E-state index is 0.477. The Morgan fingerprint density at radius 3 is 2.65 bits per heavy atom. The molecule has 1 rings (SSSR count). The lowest BCUT2D eigenvalue weighted by Crippen LogP contribution is -2.22. The lowest BCUT2D eigenvalue weighted by Gasteiger charge is -2.16. The highest BCUT2D eigenvalue weighted by molar-refractivity contribution is 6.30. The second-order valence-electron chi connectivity index (χ2n) is 4.48. The van der Waals surface area contributed by atoms with Crippen molar-refractivity contribution in [3.63, 3.8) is 0 Å². The van der Waals surface area contributed by atoms with Crippen LogP contribution in [0.1, 0.15) is 26.3 Å². The molecule has 0 saturated heterocycles. The van der Waals surface area contributed by atoms with Crippen LogP contribution in [0.15, 0.2) is 18.2 Å². The lowest BCUT2D eigenvalue weighted by molar-refractivity contribution is -0.147. The van der Waals surface area contributed by atoms with E-state index in [0.717, 1.165) is 0 Å². The average molecular weight is 252 g/mol. The normalized spacial score (nSPS) is 10.4. The van der Waals surface area contributed by atoms with E-state index in [2.05, 4.69) is 11.8 Å². The van der Waals surface area contributed by atoms with Gasteiger partial charge >= 0.3 is 5.97 Å². The Labute approximate surface area is 106 Å². The summed E-state index contributed by atoms with van der Waals surface area (Å²) in [4.78, 5) is 11.4. The summed E-state index contributed by atoms with van der Waals surface area (Å²) in [5, 5.41) is 0.521. The highest BCUT2D eigenvalue weighted by Gasteiger charge is 2.14. The maximum atomic E-state index is 11.4. The molecule has 0 fully saturated rings. The van der Waals surface area contributed by atoms with Crippen molar-refractivity contribution >= 4 is 23.3 Å². The molecule has 0 radical (unpaired) electrons. The molecule has 0 amide bonds. The van der Waals surface area contributed by atoms with Gasteiger partial charge in [0.25, 0.3) is 0 Å². The number of benzene rings is 1. The highest BCUT2D eigenvalue weighted by Crippen LogP contribution is 2.16. The standard InChI is InChI=1S/C13H14ClNO2/c1-13(2,3)17-12(16)7-4-9-8-10(14)5-6-11(9)15/h5-6,8H,15H2,1-3H3. The zero-order valence-corrected chi connectivity index (χ0v) is 10.8. The van der Waals surface area contributed by atoms with E-state index >= 15 is 0 Å². The molecule has 0 aromatic heterocycles. The molecule has 0 saturated carbocycles. The van der Waals surface area contributed by atoms with Crippen LogP contribution in [0.3, 0.4) is 0 Å². The summed E-state index contributed by atoms with van der Waals surface area (Å²) in [6.07, 6.45) is 0. The van der Waals surface area contributed by atoms with E-state index in [1.165, 1.54) is 0 Å². The molecule has 4 heteroatoms. The van der Waals surface area contributed by atoms with Crippen molar-refractivity contribution in [1.82, 2.24) is 0 Å². The molecule has 2 N–H and O–H groups in total. The van der Waals surface area contributed by atoms with Crippen molar-refractivity contribution in [2.75, 3.05) is 5.73 Å². The second kappa shape index (κ2) is 5.11. The summed E-state index contributed by atoms with van der Waals surface area (Å²) in [7, 11) is 0. The highest BCUT2D eigenvalue weighted by atomic mass is 35.5. The number of carbonyl (C=O) groups excluding carboxylic acids is 1. The number of ether oxygens (including phenoxy) is 1. The van der Waals surface area contributed by atoms with Crippen molar-refractivity contribution in [3.05, 3.63) is 28.8 Å². The van der Waals surface area contributed by atoms with Crippen LogP contribution in [0, 0.1) is 11.8 Å². The molecule has 0 aliphatic rings. The number of nitrogens with two attached hydrogens (primary N) is 1. The molecule has 17 heavy (non-hydrogen) atoms. The van der Waals surface area contributed by atoms with Gasteiger partial charge in [-0.2, -0.15) is 0 Å². The minimum atomic E-state index is -0.586. The number of esters is 1. The molecule has 0 heterocycles. The molecule has 0 unspecified atom stereocenters. The number of hydrogen-bond acceptors (Lipinski definition) is 3. The first kappa shape index (κ1) is 13.4. The largest absolute Gasteiger partial charge is 0.450 e. The predicted molar refractivity (Wildman–Crippen MR) is 68.6 cm³/mol. The number of rotatable bonds is 0. The fourth-order valence-corrected chi connectivity index (χ4v) is 1.23. The van der Waals surface area contributed by atoms with Gasteiger partial charge in [-0.15, -0.1) is 0 Å². The van der Waals surface area contributed by atoms with E-state index in [4.69, 9.17) is 22.1 Å². The topological polar surface area (TPSA) is 52.3 Å². The Bertz CT molecular complexity index is 492. The SMILES string of the molecule is CC(C)(C)OC(=O)C#Cc1cc(Cl)ccc1N. The summed E-state index contributed by atoms with van der Waals surface area (Å²) >= 11 is 5.80. The third-order valence-corrected chi connectivity index (χ3v) is 1.95. The first-order chi connectivity index (χ1) is 7.78. The number of hydrogen-bond donors (Lipinski definition) is 1. The molecule has 3 nitrogen and oxygen atoms in total. The van der Waals surface area contributed by atoms with Gasteiger partial charge in [-0.05, 0) is 39.0 Å². The van der Waals surface area contributed by atoms with E-state index < -0.39 is 11.6 Å². The summed E-state index contributed by atoms with van der Waals surface area (Å²) in [6.45, 7) is 5.33. The van der Waals surface area contributed by atoms with E-state index in [1.807, 2.05) is 0 Å². The van der Waals surface area contributed by atoms with Crippen LogP contribution in [0.4, 0.5) is 5.69 Å². The molecule has 0 atom stereocenters. The van der Waals surface area contributed by atoms with Crippen LogP contribution in [-0.4, -0.2) is 11.6 Å². The summed E-state index contributed by atoms with van der Waals surface area (Å²) in [5.41, 5.74) is 6.13. The van der Waals surface area contributed by atoms with Gasteiger partial charge in [-0.1, -0.05) is 17.5 Å². The van der Waals surface area contributed by atoms with Crippen LogP contribution in [0.25, 0.3) is 0 Å². The molecule has 1 aromatic carbocycles. The van der Waals surface area contributed by atoms with Crippen molar-refractivity contribution in [1.29, 1.82) is 0 Å². The summed E-state index contributed by atoms with van der Waals surface area (Å²) in [6, 6.07) is 4.91. The second-order valence-corrected chi connectivity index (χ2v) is 4.92. The van der Waals surface area contributed by atoms with Crippen LogP contribution in [0.5, 0.6) is 0 Å². The first-order valence-corrected chi connectivity index (χ1v) is 5.46. The third-order valence-electron chi connectivity index (χ3n) is 1.71. The van der Waals surface area contributed by atoms with Crippen molar-refractivity contribution < 1.29 is 9.53 Å². The summed E-state index contributed by atoms with van der Waals surface area (Å²) < 4.78 is 5.04. The smallest absolute Gasteiger partial charge is 0.385 e. The van der Waals surface area contributed by atoms with Crippen molar-refractivity contribution in [2.24, 2.45) is 0 Å². The Morgan fingerprint density at radius 2 is 2.06 bits per heavy atom. The van der Waals surface area contributed by atoms with E-state index in [9.17, 15) is 4.79 Å². The fourth-order valence-electron chi connectivity index (χ4n) is 1.06. The quantitative estimate of drug-likeness (QED) is 0.438. The summed E-state index contributed by atoms with van der Waals surface area (Å²) in [5.74, 6) is 4.43. The molecule has 90 valence electrons. The van der Waals surface area contributed by atoms with Gasteiger partial charge in [0.1, 0.15) is 5.60 Å². The van der Waals surface area contributed by atoms with Crippen LogP contribution < -0.4 is 5.73 Å². The lowest BCUT2D eigenvalue weighted by atomic mass is 10.2. The Morgan fingerprint density at radius 1 is 1.41 bits per heavy atom. The van der Waals surface area contributed by atoms with Crippen molar-refractivity contribution in [3.8, 4) is 11.8 Å². The number of carbonyl (C=O) groups is 1. The Hall–Kier alpha value is -1.66. The molecule has 0 aliphatic heterocycles. The maximum absolute atomic E-state index is 11.4. The number of anilines is 1. The monoisotopic (exact) mass is 251 g/mol. The maximum Gasteiger partial charge on any atom is 0.385 e.